The van der Waals surface area contributed by atoms with Gasteiger partial charge in [-0.1, -0.05) is 12.1 Å². The van der Waals surface area contributed by atoms with Crippen LogP contribution < -0.4 is 5.32 Å². The van der Waals surface area contributed by atoms with E-state index in [4.69, 9.17) is 4.74 Å². The lowest BCUT2D eigenvalue weighted by Gasteiger charge is -2.16. The van der Waals surface area contributed by atoms with Gasteiger partial charge in [0.15, 0.2) is 0 Å². The van der Waals surface area contributed by atoms with E-state index in [0.717, 1.165) is 17.7 Å². The number of amides is 1. The molecule has 1 aromatic rings. The minimum absolute atomic E-state index is 0.0929. The topological polar surface area (TPSA) is 38.3 Å². The molecule has 0 fully saturated rings. The Hall–Kier alpha value is -1.77. The van der Waals surface area contributed by atoms with Gasteiger partial charge in [-0.3, -0.25) is 4.79 Å². The zero-order chi connectivity index (χ0) is 10.7. The van der Waals surface area contributed by atoms with E-state index >= 15 is 0 Å². The normalized spacial score (nSPS) is 14.9. The molecule has 3 heteroatoms. The first kappa shape index (κ1) is 9.77. The standard InChI is InChI=1S/C12H13NO2/c1-15-7-6-9-2-3-10-4-5-12(14)13-11(10)8-9/h2-3,6-8H,4-5H2,1H3,(H,13,14). The predicted octanol–water partition coefficient (Wildman–Crippen LogP) is 2.19. The van der Waals surface area contributed by atoms with E-state index < -0.39 is 0 Å². The maximum Gasteiger partial charge on any atom is 0.224 e. The number of rotatable bonds is 2. The van der Waals surface area contributed by atoms with Crippen LogP contribution in [0.1, 0.15) is 17.5 Å². The van der Waals surface area contributed by atoms with Gasteiger partial charge >= 0.3 is 0 Å². The summed E-state index contributed by atoms with van der Waals surface area (Å²) in [6, 6.07) is 6.03. The molecule has 1 N–H and O–H groups in total. The Kier molecular flexibility index (Phi) is 2.72. The highest BCUT2D eigenvalue weighted by molar-refractivity contribution is 5.94. The van der Waals surface area contributed by atoms with Gasteiger partial charge in [-0.25, -0.2) is 0 Å². The molecule has 1 aliphatic rings. The number of hydrogen-bond acceptors (Lipinski definition) is 2. The summed E-state index contributed by atoms with van der Waals surface area (Å²) in [5, 5.41) is 2.86. The van der Waals surface area contributed by atoms with Crippen LogP contribution >= 0.6 is 0 Å². The van der Waals surface area contributed by atoms with Gasteiger partial charge in [0.25, 0.3) is 0 Å². The summed E-state index contributed by atoms with van der Waals surface area (Å²) < 4.78 is 4.84. The van der Waals surface area contributed by atoms with Gasteiger partial charge in [-0.2, -0.15) is 0 Å². The van der Waals surface area contributed by atoms with E-state index in [0.29, 0.717) is 6.42 Å². The van der Waals surface area contributed by atoms with Crippen molar-refractivity contribution < 1.29 is 9.53 Å². The predicted molar refractivity (Wildman–Crippen MR) is 59.4 cm³/mol. The number of fused-ring (bicyclic) bond motifs is 1. The van der Waals surface area contributed by atoms with Crippen LogP contribution in [0.3, 0.4) is 0 Å². The number of methoxy groups -OCH3 is 1. The van der Waals surface area contributed by atoms with Crippen molar-refractivity contribution in [2.45, 2.75) is 12.8 Å². The first-order chi connectivity index (χ1) is 7.29. The van der Waals surface area contributed by atoms with Crippen LogP contribution in [-0.4, -0.2) is 13.0 Å². The number of nitrogens with one attached hydrogen (secondary N) is 1. The largest absolute Gasteiger partial charge is 0.504 e. The highest BCUT2D eigenvalue weighted by atomic mass is 16.5. The van der Waals surface area contributed by atoms with Crippen LogP contribution in [0.15, 0.2) is 24.5 Å². The second-order valence-corrected chi connectivity index (χ2v) is 3.50. The molecular formula is C12H13NO2. The summed E-state index contributed by atoms with van der Waals surface area (Å²) in [6.07, 6.45) is 4.89. The van der Waals surface area contributed by atoms with Crippen LogP contribution in [0.2, 0.25) is 0 Å². The van der Waals surface area contributed by atoms with Crippen LogP contribution in [0, 0.1) is 0 Å². The van der Waals surface area contributed by atoms with Crippen LogP contribution in [0.5, 0.6) is 0 Å². The molecule has 78 valence electrons. The smallest absolute Gasteiger partial charge is 0.224 e. The zero-order valence-corrected chi connectivity index (χ0v) is 8.62. The van der Waals surface area contributed by atoms with Gasteiger partial charge in [-0.15, -0.1) is 0 Å². The molecule has 2 rings (SSSR count). The second-order valence-electron chi connectivity index (χ2n) is 3.50. The van der Waals surface area contributed by atoms with Crippen LogP contribution in [0.25, 0.3) is 6.08 Å². The van der Waals surface area contributed by atoms with E-state index in [2.05, 4.69) is 5.32 Å². The number of carbonyl (C=O) groups excluding carboxylic acids is 1. The number of hydrogen-bond donors (Lipinski definition) is 1. The Morgan fingerprint density at radius 1 is 1.40 bits per heavy atom. The third kappa shape index (κ3) is 2.18. The maximum absolute atomic E-state index is 11.2. The van der Waals surface area contributed by atoms with Crippen LogP contribution in [0.4, 0.5) is 5.69 Å². The molecule has 3 nitrogen and oxygen atoms in total. The van der Waals surface area contributed by atoms with Gasteiger partial charge < -0.3 is 10.1 Å². The first-order valence-corrected chi connectivity index (χ1v) is 4.92. The summed E-state index contributed by atoms with van der Waals surface area (Å²) in [7, 11) is 1.61. The molecule has 0 saturated carbocycles. The molecule has 0 radical (unpaired) electrons. The molecule has 1 aromatic carbocycles. The summed E-state index contributed by atoms with van der Waals surface area (Å²) in [5.41, 5.74) is 3.14. The van der Waals surface area contributed by atoms with E-state index in [1.807, 2.05) is 24.3 Å². The highest BCUT2D eigenvalue weighted by Crippen LogP contribution is 2.24. The summed E-state index contributed by atoms with van der Waals surface area (Å²) >= 11 is 0. The third-order valence-electron chi connectivity index (χ3n) is 2.43. The van der Waals surface area contributed by atoms with Crippen molar-refractivity contribution in [1.82, 2.24) is 0 Å². The van der Waals surface area contributed by atoms with Crippen molar-refractivity contribution in [2.75, 3.05) is 12.4 Å². The fourth-order valence-corrected chi connectivity index (χ4v) is 1.64. The first-order valence-electron chi connectivity index (χ1n) is 4.92. The molecule has 0 unspecified atom stereocenters. The van der Waals surface area contributed by atoms with Crippen molar-refractivity contribution in [3.63, 3.8) is 0 Å². The number of aryl methyl sites for hydroxylation is 1. The molecule has 1 aliphatic heterocycles. The van der Waals surface area contributed by atoms with Crippen molar-refractivity contribution in [1.29, 1.82) is 0 Å². The Bertz CT molecular complexity index is 410. The number of anilines is 1. The lowest BCUT2D eigenvalue weighted by atomic mass is 10.0. The lowest BCUT2D eigenvalue weighted by molar-refractivity contribution is -0.116. The van der Waals surface area contributed by atoms with E-state index in [1.54, 1.807) is 13.4 Å². The Balaban J connectivity index is 2.28. The zero-order valence-electron chi connectivity index (χ0n) is 8.62. The van der Waals surface area contributed by atoms with Gasteiger partial charge in [0.05, 0.1) is 13.4 Å². The van der Waals surface area contributed by atoms with Crippen molar-refractivity contribution in [2.24, 2.45) is 0 Å². The van der Waals surface area contributed by atoms with Gasteiger partial charge in [0.2, 0.25) is 5.91 Å². The molecule has 1 amide bonds. The number of carbonyl (C=O) groups is 1. The second kappa shape index (κ2) is 4.17. The fraction of sp³-hybridized carbons (Fsp3) is 0.250. The third-order valence-corrected chi connectivity index (χ3v) is 2.43. The monoisotopic (exact) mass is 203 g/mol. The lowest BCUT2D eigenvalue weighted by Crippen LogP contribution is -2.18. The van der Waals surface area contributed by atoms with Crippen molar-refractivity contribution in [3.8, 4) is 0 Å². The molecule has 1 heterocycles. The molecule has 0 aromatic heterocycles. The molecule has 0 bridgehead atoms. The number of ether oxygens (including phenoxy) is 1. The Morgan fingerprint density at radius 2 is 2.27 bits per heavy atom. The van der Waals surface area contributed by atoms with Gasteiger partial charge in [0, 0.05) is 12.1 Å². The minimum atomic E-state index is 0.0929. The summed E-state index contributed by atoms with van der Waals surface area (Å²) in [4.78, 5) is 11.2. The average Bonchev–Trinajstić information content (AvgIpc) is 2.25. The summed E-state index contributed by atoms with van der Waals surface area (Å²) in [5.74, 6) is 0.0929. The maximum atomic E-state index is 11.2. The van der Waals surface area contributed by atoms with Gasteiger partial charge in [-0.05, 0) is 29.7 Å². The Morgan fingerprint density at radius 3 is 3.07 bits per heavy atom. The Labute approximate surface area is 88.8 Å². The molecule has 0 spiro atoms. The number of benzene rings is 1. The van der Waals surface area contributed by atoms with E-state index in [9.17, 15) is 4.79 Å². The molecule has 0 saturated heterocycles. The minimum Gasteiger partial charge on any atom is -0.504 e. The van der Waals surface area contributed by atoms with Crippen molar-refractivity contribution >= 4 is 17.7 Å². The van der Waals surface area contributed by atoms with E-state index in [-0.39, 0.29) is 5.91 Å². The van der Waals surface area contributed by atoms with Gasteiger partial charge in [0.1, 0.15) is 0 Å². The SMILES string of the molecule is COC=Cc1ccc2c(c1)NC(=O)CC2. The summed E-state index contributed by atoms with van der Waals surface area (Å²) in [6.45, 7) is 0. The highest BCUT2D eigenvalue weighted by Gasteiger charge is 2.13. The molecule has 15 heavy (non-hydrogen) atoms. The van der Waals surface area contributed by atoms with E-state index in [1.165, 1.54) is 5.56 Å². The average molecular weight is 203 g/mol. The quantitative estimate of drug-likeness (QED) is 0.748. The molecular weight excluding hydrogens is 190 g/mol. The molecule has 0 atom stereocenters. The molecule has 0 aliphatic carbocycles. The van der Waals surface area contributed by atoms with Crippen molar-refractivity contribution in [3.05, 3.63) is 35.6 Å². The fourth-order valence-electron chi connectivity index (χ4n) is 1.64. The van der Waals surface area contributed by atoms with Crippen LogP contribution in [-0.2, 0) is 16.0 Å².